The highest BCUT2D eigenvalue weighted by Crippen LogP contribution is 2.25. The Morgan fingerprint density at radius 3 is 2.48 bits per heavy atom. The normalized spacial score (nSPS) is 15.3. The minimum absolute atomic E-state index is 0.0256. The van der Waals surface area contributed by atoms with Crippen LogP contribution in [0.2, 0.25) is 0 Å². The van der Waals surface area contributed by atoms with E-state index in [9.17, 15) is 18.0 Å². The SMILES string of the molecule is CN1CCN(C(=O)c2ccc(Nc3nc(NCC(F)(F)F)c4cc[nH]c4n3)cc2)CC1. The molecule has 1 aliphatic rings. The molecular formula is C20H22F3N7O. The Hall–Kier alpha value is -3.34. The summed E-state index contributed by atoms with van der Waals surface area (Å²) in [7, 11) is 2.03. The zero-order chi connectivity index (χ0) is 22.0. The number of benzene rings is 1. The molecule has 2 aromatic heterocycles. The van der Waals surface area contributed by atoms with E-state index in [1.165, 1.54) is 0 Å². The Bertz CT molecular complexity index is 1060. The highest BCUT2D eigenvalue weighted by molar-refractivity contribution is 5.94. The number of piperazine rings is 1. The summed E-state index contributed by atoms with van der Waals surface area (Å²) in [6, 6.07) is 8.46. The van der Waals surface area contributed by atoms with Gasteiger partial charge in [-0.15, -0.1) is 0 Å². The van der Waals surface area contributed by atoms with Crippen molar-refractivity contribution in [1.29, 1.82) is 0 Å². The lowest BCUT2D eigenvalue weighted by Crippen LogP contribution is -2.47. The van der Waals surface area contributed by atoms with Gasteiger partial charge in [0.2, 0.25) is 5.95 Å². The molecule has 0 atom stereocenters. The Morgan fingerprint density at radius 1 is 1.10 bits per heavy atom. The van der Waals surface area contributed by atoms with Gasteiger partial charge in [0, 0.05) is 43.6 Å². The van der Waals surface area contributed by atoms with Gasteiger partial charge in [-0.25, -0.2) is 0 Å². The van der Waals surface area contributed by atoms with Crippen LogP contribution < -0.4 is 10.6 Å². The molecule has 0 radical (unpaired) electrons. The number of halogens is 3. The van der Waals surface area contributed by atoms with E-state index in [1.807, 2.05) is 11.9 Å². The number of fused-ring (bicyclic) bond motifs is 1. The lowest BCUT2D eigenvalue weighted by atomic mass is 10.1. The van der Waals surface area contributed by atoms with Crippen LogP contribution in [0.3, 0.4) is 0 Å². The number of aromatic nitrogens is 3. The Morgan fingerprint density at radius 2 is 1.81 bits per heavy atom. The largest absolute Gasteiger partial charge is 0.405 e. The van der Waals surface area contributed by atoms with Gasteiger partial charge in [-0.05, 0) is 37.4 Å². The number of rotatable bonds is 5. The van der Waals surface area contributed by atoms with Crippen molar-refractivity contribution in [2.75, 3.05) is 50.4 Å². The minimum Gasteiger partial charge on any atom is -0.360 e. The van der Waals surface area contributed by atoms with Gasteiger partial charge in [0.15, 0.2) is 0 Å². The van der Waals surface area contributed by atoms with Gasteiger partial charge in [-0.1, -0.05) is 0 Å². The number of carbonyl (C=O) groups is 1. The summed E-state index contributed by atoms with van der Waals surface area (Å²) in [4.78, 5) is 28.0. The van der Waals surface area contributed by atoms with Gasteiger partial charge in [0.1, 0.15) is 18.0 Å². The molecule has 1 saturated heterocycles. The smallest absolute Gasteiger partial charge is 0.360 e. The second-order valence-electron chi connectivity index (χ2n) is 7.40. The molecule has 1 aromatic carbocycles. The lowest BCUT2D eigenvalue weighted by Gasteiger charge is -2.32. The lowest BCUT2D eigenvalue weighted by molar-refractivity contribution is -0.115. The number of hydrogen-bond donors (Lipinski definition) is 3. The molecule has 0 bridgehead atoms. The van der Waals surface area contributed by atoms with Crippen LogP contribution in [-0.4, -0.2) is 76.6 Å². The van der Waals surface area contributed by atoms with Crippen molar-refractivity contribution < 1.29 is 18.0 Å². The van der Waals surface area contributed by atoms with Crippen molar-refractivity contribution in [3.05, 3.63) is 42.1 Å². The van der Waals surface area contributed by atoms with Crippen molar-refractivity contribution in [3.63, 3.8) is 0 Å². The van der Waals surface area contributed by atoms with Crippen LogP contribution in [-0.2, 0) is 0 Å². The molecule has 0 unspecified atom stereocenters. The van der Waals surface area contributed by atoms with Gasteiger partial charge in [0.05, 0.1) is 5.39 Å². The molecule has 0 saturated carbocycles. The van der Waals surface area contributed by atoms with Crippen molar-refractivity contribution >= 4 is 34.4 Å². The first-order chi connectivity index (χ1) is 14.8. The standard InChI is InChI=1S/C20H22F3N7O/c1-29-8-10-30(11-9-29)18(31)13-2-4-14(5-3-13)26-19-27-16-15(6-7-24-16)17(28-19)25-12-20(21,22)23/h2-7H,8-12H2,1H3,(H3,24,25,26,27,28). The van der Waals surface area contributed by atoms with Crippen LogP contribution in [0, 0.1) is 0 Å². The fraction of sp³-hybridized carbons (Fsp3) is 0.350. The highest BCUT2D eigenvalue weighted by Gasteiger charge is 2.27. The molecule has 4 rings (SSSR count). The molecule has 1 fully saturated rings. The van der Waals surface area contributed by atoms with E-state index >= 15 is 0 Å². The van der Waals surface area contributed by atoms with Crippen LogP contribution in [0.4, 0.5) is 30.6 Å². The zero-order valence-electron chi connectivity index (χ0n) is 16.8. The van der Waals surface area contributed by atoms with Crippen LogP contribution >= 0.6 is 0 Å². The van der Waals surface area contributed by atoms with Crippen LogP contribution in [0.1, 0.15) is 10.4 Å². The third kappa shape index (κ3) is 5.05. The maximum Gasteiger partial charge on any atom is 0.405 e. The number of carbonyl (C=O) groups excluding carboxylic acids is 1. The van der Waals surface area contributed by atoms with Gasteiger partial charge >= 0.3 is 6.18 Å². The number of H-pyrrole nitrogens is 1. The van der Waals surface area contributed by atoms with Crippen molar-refractivity contribution in [2.45, 2.75) is 6.18 Å². The number of nitrogens with zero attached hydrogens (tertiary/aromatic N) is 4. The maximum atomic E-state index is 12.6. The number of nitrogens with one attached hydrogen (secondary N) is 3. The van der Waals surface area contributed by atoms with Gasteiger partial charge in [-0.3, -0.25) is 4.79 Å². The van der Waals surface area contributed by atoms with Crippen LogP contribution in [0.15, 0.2) is 36.5 Å². The van der Waals surface area contributed by atoms with Crippen LogP contribution in [0.25, 0.3) is 11.0 Å². The number of aromatic amines is 1. The molecule has 3 aromatic rings. The molecule has 164 valence electrons. The molecule has 3 heterocycles. The Balaban J connectivity index is 1.48. The summed E-state index contributed by atoms with van der Waals surface area (Å²) in [5.74, 6) is 0.188. The summed E-state index contributed by atoms with van der Waals surface area (Å²) in [6.45, 7) is 1.86. The highest BCUT2D eigenvalue weighted by atomic mass is 19.4. The van der Waals surface area contributed by atoms with E-state index in [0.717, 1.165) is 13.1 Å². The third-order valence-corrected chi connectivity index (χ3v) is 5.05. The maximum absolute atomic E-state index is 12.6. The number of alkyl halides is 3. The van der Waals surface area contributed by atoms with Gasteiger partial charge in [0.25, 0.3) is 5.91 Å². The average molecular weight is 433 g/mol. The summed E-state index contributed by atoms with van der Waals surface area (Å²) in [5, 5.41) is 5.75. The Labute approximate surface area is 176 Å². The summed E-state index contributed by atoms with van der Waals surface area (Å²) in [6.07, 6.45) is -2.78. The third-order valence-electron chi connectivity index (χ3n) is 5.05. The van der Waals surface area contributed by atoms with Gasteiger partial charge < -0.3 is 25.4 Å². The number of amides is 1. The van der Waals surface area contributed by atoms with Crippen molar-refractivity contribution in [1.82, 2.24) is 24.8 Å². The summed E-state index contributed by atoms with van der Waals surface area (Å²) in [5.41, 5.74) is 1.59. The topological polar surface area (TPSA) is 89.2 Å². The number of likely N-dealkylation sites (N-methyl/N-ethyl adjacent to an activating group) is 1. The molecule has 0 aliphatic carbocycles. The number of anilines is 3. The Kier molecular flexibility index (Phi) is 5.68. The molecule has 11 heteroatoms. The van der Waals surface area contributed by atoms with E-state index in [0.29, 0.717) is 35.4 Å². The average Bonchev–Trinajstić information content (AvgIpc) is 3.21. The monoisotopic (exact) mass is 433 g/mol. The van der Waals surface area contributed by atoms with E-state index in [2.05, 4.69) is 30.5 Å². The summed E-state index contributed by atoms with van der Waals surface area (Å²) < 4.78 is 37.8. The molecule has 1 aliphatic heterocycles. The van der Waals surface area contributed by atoms with Crippen molar-refractivity contribution in [3.8, 4) is 0 Å². The second-order valence-corrected chi connectivity index (χ2v) is 7.40. The number of hydrogen-bond acceptors (Lipinski definition) is 6. The fourth-order valence-corrected chi connectivity index (χ4v) is 3.33. The van der Waals surface area contributed by atoms with E-state index < -0.39 is 12.7 Å². The molecule has 0 spiro atoms. The second kappa shape index (κ2) is 8.42. The molecule has 8 nitrogen and oxygen atoms in total. The predicted molar refractivity (Wildman–Crippen MR) is 112 cm³/mol. The van der Waals surface area contributed by atoms with Gasteiger partial charge in [-0.2, -0.15) is 23.1 Å². The molecule has 1 amide bonds. The minimum atomic E-state index is -4.37. The molecule has 31 heavy (non-hydrogen) atoms. The fourth-order valence-electron chi connectivity index (χ4n) is 3.33. The quantitative estimate of drug-likeness (QED) is 0.573. The van der Waals surface area contributed by atoms with E-state index in [-0.39, 0.29) is 17.7 Å². The van der Waals surface area contributed by atoms with Crippen molar-refractivity contribution in [2.24, 2.45) is 0 Å². The first kappa shape index (κ1) is 20.9. The predicted octanol–water partition coefficient (Wildman–Crippen LogP) is 3.06. The van der Waals surface area contributed by atoms with E-state index in [4.69, 9.17) is 0 Å². The summed E-state index contributed by atoms with van der Waals surface area (Å²) >= 11 is 0. The zero-order valence-corrected chi connectivity index (χ0v) is 16.8. The van der Waals surface area contributed by atoms with Crippen LogP contribution in [0.5, 0.6) is 0 Å². The molecular weight excluding hydrogens is 411 g/mol. The first-order valence-electron chi connectivity index (χ1n) is 9.79. The van der Waals surface area contributed by atoms with E-state index in [1.54, 1.807) is 36.5 Å². The first-order valence-corrected chi connectivity index (χ1v) is 9.79. The molecule has 3 N–H and O–H groups in total.